The predicted octanol–water partition coefficient (Wildman–Crippen LogP) is 2.06. The van der Waals surface area contributed by atoms with Crippen molar-refractivity contribution in [1.82, 2.24) is 19.7 Å². The average Bonchev–Trinajstić information content (AvgIpc) is 3.11. The summed E-state index contributed by atoms with van der Waals surface area (Å²) in [4.78, 5) is 23.9. The Bertz CT molecular complexity index is 913. The Balaban J connectivity index is 1.85. The molecule has 1 amide bonds. The fourth-order valence-electron chi connectivity index (χ4n) is 2.56. The van der Waals surface area contributed by atoms with Crippen LogP contribution < -0.4 is 10.9 Å². The third-order valence-corrected chi connectivity index (χ3v) is 3.85. The van der Waals surface area contributed by atoms with Crippen LogP contribution in [0.15, 0.2) is 65.8 Å². The number of amides is 1. The molecule has 122 valence electrons. The largest absolute Gasteiger partial charge is 0.345 e. The summed E-state index contributed by atoms with van der Waals surface area (Å²) in [5.41, 5.74) is 2.17. The smallest absolute Gasteiger partial charge is 0.253 e. The van der Waals surface area contributed by atoms with E-state index < -0.39 is 0 Å². The first-order valence-corrected chi connectivity index (χ1v) is 7.63. The number of pyridine rings is 1. The molecule has 0 fully saturated rings. The summed E-state index contributed by atoms with van der Waals surface area (Å²) < 4.78 is 3.15. The van der Waals surface area contributed by atoms with Crippen LogP contribution >= 0.6 is 0 Å². The summed E-state index contributed by atoms with van der Waals surface area (Å²) in [7, 11) is 1.62. The number of benzene rings is 1. The highest BCUT2D eigenvalue weighted by Gasteiger charge is 2.15. The van der Waals surface area contributed by atoms with E-state index in [1.165, 1.54) is 22.9 Å². The SMILES string of the molecule is CC(NC(=O)c1ccc(=O)n(C)c1)c1ccccc1-n1cccn1. The molecule has 0 radical (unpaired) electrons. The van der Waals surface area contributed by atoms with Gasteiger partial charge in [-0.25, -0.2) is 4.68 Å². The normalized spacial score (nSPS) is 11.9. The van der Waals surface area contributed by atoms with Gasteiger partial charge in [-0.3, -0.25) is 9.59 Å². The van der Waals surface area contributed by atoms with Gasteiger partial charge in [0.25, 0.3) is 5.91 Å². The second-order valence-corrected chi connectivity index (χ2v) is 5.57. The Morgan fingerprint density at radius 2 is 1.96 bits per heavy atom. The highest BCUT2D eigenvalue weighted by atomic mass is 16.2. The zero-order valence-corrected chi connectivity index (χ0v) is 13.5. The number of carbonyl (C=O) groups excluding carboxylic acids is 1. The van der Waals surface area contributed by atoms with Gasteiger partial charge in [0.05, 0.1) is 17.3 Å². The van der Waals surface area contributed by atoms with E-state index in [0.717, 1.165) is 11.3 Å². The number of aryl methyl sites for hydroxylation is 1. The van der Waals surface area contributed by atoms with E-state index in [1.54, 1.807) is 17.9 Å². The minimum atomic E-state index is -0.228. The predicted molar refractivity (Wildman–Crippen MR) is 91.1 cm³/mol. The van der Waals surface area contributed by atoms with Crippen LogP contribution in [0.4, 0.5) is 0 Å². The number of aromatic nitrogens is 3. The summed E-state index contributed by atoms with van der Waals surface area (Å²) in [6.45, 7) is 1.92. The van der Waals surface area contributed by atoms with Crippen LogP contribution in [0, 0.1) is 0 Å². The molecule has 0 spiro atoms. The Hall–Kier alpha value is -3.15. The van der Waals surface area contributed by atoms with Gasteiger partial charge >= 0.3 is 0 Å². The molecule has 1 atom stereocenters. The van der Waals surface area contributed by atoms with Gasteiger partial charge in [-0.05, 0) is 30.7 Å². The second-order valence-electron chi connectivity index (χ2n) is 5.57. The minimum Gasteiger partial charge on any atom is -0.345 e. The lowest BCUT2D eigenvalue weighted by Gasteiger charge is -2.18. The Kier molecular flexibility index (Phi) is 4.29. The van der Waals surface area contributed by atoms with E-state index in [2.05, 4.69) is 10.4 Å². The van der Waals surface area contributed by atoms with E-state index in [4.69, 9.17) is 0 Å². The fourth-order valence-corrected chi connectivity index (χ4v) is 2.56. The van der Waals surface area contributed by atoms with E-state index in [9.17, 15) is 9.59 Å². The zero-order valence-electron chi connectivity index (χ0n) is 13.5. The van der Waals surface area contributed by atoms with Crippen LogP contribution in [0.1, 0.15) is 28.9 Å². The van der Waals surface area contributed by atoms with Crippen molar-refractivity contribution in [2.75, 3.05) is 0 Å². The molecule has 0 aliphatic rings. The summed E-state index contributed by atoms with van der Waals surface area (Å²) in [6, 6.07) is 12.3. The van der Waals surface area contributed by atoms with Crippen molar-refractivity contribution in [2.24, 2.45) is 7.05 Å². The van der Waals surface area contributed by atoms with Crippen LogP contribution in [-0.4, -0.2) is 20.3 Å². The summed E-state index contributed by atoms with van der Waals surface area (Å²) in [6.07, 6.45) is 5.11. The second kappa shape index (κ2) is 6.54. The highest BCUT2D eigenvalue weighted by molar-refractivity contribution is 5.94. The van der Waals surface area contributed by atoms with Gasteiger partial charge in [-0.2, -0.15) is 5.10 Å². The van der Waals surface area contributed by atoms with Crippen molar-refractivity contribution in [3.8, 4) is 5.69 Å². The van der Waals surface area contributed by atoms with Crippen molar-refractivity contribution in [1.29, 1.82) is 0 Å². The Morgan fingerprint density at radius 3 is 2.67 bits per heavy atom. The van der Waals surface area contributed by atoms with E-state index in [0.29, 0.717) is 5.56 Å². The molecule has 3 rings (SSSR count). The number of para-hydroxylation sites is 1. The lowest BCUT2D eigenvalue weighted by molar-refractivity contribution is 0.0939. The molecule has 0 aliphatic carbocycles. The van der Waals surface area contributed by atoms with E-state index in [1.807, 2.05) is 43.5 Å². The van der Waals surface area contributed by atoms with Crippen LogP contribution in [0.25, 0.3) is 5.69 Å². The number of nitrogens with zero attached hydrogens (tertiary/aromatic N) is 3. The fraction of sp³-hybridized carbons (Fsp3) is 0.167. The molecule has 6 heteroatoms. The molecule has 1 N–H and O–H groups in total. The molecule has 0 bridgehead atoms. The lowest BCUT2D eigenvalue weighted by Crippen LogP contribution is -2.29. The van der Waals surface area contributed by atoms with Crippen molar-refractivity contribution in [3.05, 3.63) is 82.5 Å². The molecule has 24 heavy (non-hydrogen) atoms. The molecule has 0 saturated carbocycles. The number of rotatable bonds is 4. The Labute approximate surface area is 139 Å². The summed E-state index contributed by atoms with van der Waals surface area (Å²) >= 11 is 0. The molecule has 3 aromatic rings. The monoisotopic (exact) mass is 322 g/mol. The first-order chi connectivity index (χ1) is 11.6. The van der Waals surface area contributed by atoms with Gasteiger partial charge < -0.3 is 9.88 Å². The van der Waals surface area contributed by atoms with Gasteiger partial charge in [0, 0.05) is 31.7 Å². The lowest BCUT2D eigenvalue weighted by atomic mass is 10.1. The van der Waals surface area contributed by atoms with Crippen LogP contribution in [0.3, 0.4) is 0 Å². The molecule has 0 saturated heterocycles. The standard InChI is InChI=1S/C18H18N4O2/c1-13(20-18(24)14-8-9-17(23)21(2)12-14)15-6-3-4-7-16(15)22-11-5-10-19-22/h3-13H,1-2H3,(H,20,24). The molecule has 6 nitrogen and oxygen atoms in total. The van der Waals surface area contributed by atoms with Crippen LogP contribution in [0.5, 0.6) is 0 Å². The molecule has 2 aromatic heterocycles. The van der Waals surface area contributed by atoms with Gasteiger partial charge in [0.1, 0.15) is 0 Å². The van der Waals surface area contributed by atoms with Crippen molar-refractivity contribution >= 4 is 5.91 Å². The first kappa shape index (κ1) is 15.7. The zero-order chi connectivity index (χ0) is 17.1. The molecule has 2 heterocycles. The number of nitrogens with one attached hydrogen (secondary N) is 1. The third-order valence-electron chi connectivity index (χ3n) is 3.85. The van der Waals surface area contributed by atoms with Gasteiger partial charge in [-0.15, -0.1) is 0 Å². The maximum absolute atomic E-state index is 12.4. The maximum Gasteiger partial charge on any atom is 0.253 e. The van der Waals surface area contributed by atoms with Crippen molar-refractivity contribution in [2.45, 2.75) is 13.0 Å². The topological polar surface area (TPSA) is 68.9 Å². The van der Waals surface area contributed by atoms with Crippen LogP contribution in [-0.2, 0) is 7.05 Å². The summed E-state index contributed by atoms with van der Waals surface area (Å²) in [5, 5.41) is 7.22. The third kappa shape index (κ3) is 3.12. The Morgan fingerprint density at radius 1 is 1.17 bits per heavy atom. The van der Waals surface area contributed by atoms with Crippen molar-refractivity contribution < 1.29 is 4.79 Å². The van der Waals surface area contributed by atoms with Gasteiger partial charge in [-0.1, -0.05) is 18.2 Å². The molecule has 0 aliphatic heterocycles. The average molecular weight is 322 g/mol. The van der Waals surface area contributed by atoms with Crippen LogP contribution in [0.2, 0.25) is 0 Å². The number of hydrogen-bond donors (Lipinski definition) is 1. The first-order valence-electron chi connectivity index (χ1n) is 7.63. The highest BCUT2D eigenvalue weighted by Crippen LogP contribution is 2.21. The molecule has 1 unspecified atom stereocenters. The number of carbonyl (C=O) groups is 1. The van der Waals surface area contributed by atoms with Gasteiger partial charge in [0.15, 0.2) is 0 Å². The molecule has 1 aromatic carbocycles. The quantitative estimate of drug-likeness (QED) is 0.799. The maximum atomic E-state index is 12.4. The minimum absolute atomic E-state index is 0.149. The number of hydrogen-bond acceptors (Lipinski definition) is 3. The van der Waals surface area contributed by atoms with Crippen molar-refractivity contribution in [3.63, 3.8) is 0 Å². The summed E-state index contributed by atoms with van der Waals surface area (Å²) in [5.74, 6) is -0.228. The molecular weight excluding hydrogens is 304 g/mol. The molecular formula is C18H18N4O2. The van der Waals surface area contributed by atoms with Gasteiger partial charge in [0.2, 0.25) is 5.56 Å². The van der Waals surface area contributed by atoms with E-state index >= 15 is 0 Å². The van der Waals surface area contributed by atoms with E-state index in [-0.39, 0.29) is 17.5 Å².